The van der Waals surface area contributed by atoms with Crippen molar-refractivity contribution in [1.29, 1.82) is 0 Å². The summed E-state index contributed by atoms with van der Waals surface area (Å²) in [6, 6.07) is -0.825. The number of rotatable bonds is 66. The molecule has 7 atom stereocenters. The van der Waals surface area contributed by atoms with E-state index < -0.39 is 49.5 Å². The standard InChI is InChI=1S/C77H141NO10/c1-3-5-7-9-11-13-14-15-16-17-32-36-39-42-45-49-53-57-61-65-73(82)86-66-62-58-54-50-46-43-40-37-34-31-29-27-25-23-21-19-18-20-22-24-26-28-30-33-35-38-41-44-48-52-56-60-64-72(81)78-69(70(80)63-59-55-51-47-12-10-8-6-4-2)68-87-77-76(85)75(84)74(83)71(67-79)88-77/h11-13,15-16,21,23,47,59,63,69-71,74-77,79-80,83-85H,3-10,14,17-20,22,24-46,48-58,60-62,64-68H2,1-2H3,(H,78,81)/b13-11-,16-15-,23-21-,47-12+,63-59+. The summed E-state index contributed by atoms with van der Waals surface area (Å²) in [6.07, 6.45) is 78.3. The quantitative estimate of drug-likeness (QED) is 0.0195. The fourth-order valence-corrected chi connectivity index (χ4v) is 11.7. The van der Waals surface area contributed by atoms with Crippen molar-refractivity contribution in [1.82, 2.24) is 5.32 Å². The number of unbranched alkanes of at least 4 members (excludes halogenated alkanes) is 44. The Morgan fingerprint density at radius 2 is 0.773 bits per heavy atom. The Morgan fingerprint density at radius 1 is 0.420 bits per heavy atom. The predicted octanol–water partition coefficient (Wildman–Crippen LogP) is 19.7. The van der Waals surface area contributed by atoms with Crippen LogP contribution in [0.1, 0.15) is 354 Å². The molecule has 1 fully saturated rings. The Balaban J connectivity index is 1.88. The van der Waals surface area contributed by atoms with Gasteiger partial charge in [0.2, 0.25) is 5.91 Å². The summed E-state index contributed by atoms with van der Waals surface area (Å²) in [4.78, 5) is 25.1. The zero-order valence-electron chi connectivity index (χ0n) is 57.2. The van der Waals surface area contributed by atoms with Gasteiger partial charge in [0.25, 0.3) is 0 Å². The molecule has 0 bridgehead atoms. The topological polar surface area (TPSA) is 175 Å². The largest absolute Gasteiger partial charge is 0.466 e. The van der Waals surface area contributed by atoms with Gasteiger partial charge in [0.1, 0.15) is 24.4 Å². The van der Waals surface area contributed by atoms with Crippen molar-refractivity contribution >= 4 is 11.9 Å². The van der Waals surface area contributed by atoms with E-state index in [1.54, 1.807) is 6.08 Å². The van der Waals surface area contributed by atoms with Crippen molar-refractivity contribution in [3.05, 3.63) is 60.8 Å². The van der Waals surface area contributed by atoms with E-state index in [0.29, 0.717) is 19.4 Å². The van der Waals surface area contributed by atoms with Gasteiger partial charge in [-0.3, -0.25) is 9.59 Å². The molecule has 514 valence electrons. The van der Waals surface area contributed by atoms with Gasteiger partial charge in [-0.25, -0.2) is 0 Å². The number of amides is 1. The van der Waals surface area contributed by atoms with Gasteiger partial charge in [0.15, 0.2) is 6.29 Å². The molecular weight excluding hydrogens is 1100 g/mol. The van der Waals surface area contributed by atoms with Crippen LogP contribution in [0.25, 0.3) is 0 Å². The molecule has 0 saturated carbocycles. The summed E-state index contributed by atoms with van der Waals surface area (Å²) >= 11 is 0. The van der Waals surface area contributed by atoms with Crippen molar-refractivity contribution in [2.24, 2.45) is 0 Å². The molecule has 0 aromatic heterocycles. The second kappa shape index (κ2) is 65.8. The van der Waals surface area contributed by atoms with Crippen LogP contribution < -0.4 is 5.32 Å². The first-order valence-corrected chi connectivity index (χ1v) is 37.6. The van der Waals surface area contributed by atoms with Crippen LogP contribution in [-0.2, 0) is 23.8 Å². The van der Waals surface area contributed by atoms with Gasteiger partial charge in [0.05, 0.1) is 32.0 Å². The summed E-state index contributed by atoms with van der Waals surface area (Å²) < 4.78 is 16.7. The molecule has 1 aliphatic heterocycles. The van der Waals surface area contributed by atoms with Crippen molar-refractivity contribution in [3.8, 4) is 0 Å². The number of aliphatic hydroxyl groups excluding tert-OH is 5. The van der Waals surface area contributed by atoms with Crippen LogP contribution in [0.4, 0.5) is 0 Å². The number of nitrogens with one attached hydrogen (secondary N) is 1. The van der Waals surface area contributed by atoms with Gasteiger partial charge in [-0.15, -0.1) is 0 Å². The molecule has 11 heteroatoms. The number of hydrogen-bond acceptors (Lipinski definition) is 10. The Kier molecular flexibility index (Phi) is 62.4. The third-order valence-corrected chi connectivity index (χ3v) is 17.6. The molecule has 7 unspecified atom stereocenters. The molecule has 11 nitrogen and oxygen atoms in total. The lowest BCUT2D eigenvalue weighted by Crippen LogP contribution is -2.60. The first kappa shape index (κ1) is 83.4. The molecular formula is C77H141NO10. The Bertz CT molecular complexity index is 1650. The van der Waals surface area contributed by atoms with Gasteiger partial charge in [-0.1, -0.05) is 299 Å². The molecule has 88 heavy (non-hydrogen) atoms. The highest BCUT2D eigenvalue weighted by molar-refractivity contribution is 5.76. The van der Waals surface area contributed by atoms with E-state index in [-0.39, 0.29) is 18.5 Å². The van der Waals surface area contributed by atoms with E-state index in [1.165, 1.54) is 263 Å². The Morgan fingerprint density at radius 3 is 1.19 bits per heavy atom. The lowest BCUT2D eigenvalue weighted by atomic mass is 9.99. The molecule has 0 aliphatic carbocycles. The van der Waals surface area contributed by atoms with Crippen LogP contribution in [-0.4, -0.2) is 100 Å². The number of allylic oxidation sites excluding steroid dienone is 9. The molecule has 1 saturated heterocycles. The normalized spacial score (nSPS) is 18.1. The third kappa shape index (κ3) is 54.0. The van der Waals surface area contributed by atoms with E-state index >= 15 is 0 Å². The smallest absolute Gasteiger partial charge is 0.305 e. The van der Waals surface area contributed by atoms with Crippen LogP contribution in [0.5, 0.6) is 0 Å². The zero-order valence-corrected chi connectivity index (χ0v) is 57.2. The summed E-state index contributed by atoms with van der Waals surface area (Å²) in [5.41, 5.74) is 0. The molecule has 1 heterocycles. The maximum Gasteiger partial charge on any atom is 0.305 e. The second-order valence-electron chi connectivity index (χ2n) is 26.0. The highest BCUT2D eigenvalue weighted by Crippen LogP contribution is 2.23. The highest BCUT2D eigenvalue weighted by atomic mass is 16.7. The average molecular weight is 1240 g/mol. The number of hydrogen-bond donors (Lipinski definition) is 6. The summed E-state index contributed by atoms with van der Waals surface area (Å²) in [6.45, 7) is 4.28. The molecule has 1 aliphatic rings. The van der Waals surface area contributed by atoms with Gasteiger partial charge in [0, 0.05) is 12.8 Å². The van der Waals surface area contributed by atoms with Crippen LogP contribution in [0.2, 0.25) is 0 Å². The second-order valence-corrected chi connectivity index (χ2v) is 26.0. The molecule has 0 aromatic rings. The maximum atomic E-state index is 13.0. The summed E-state index contributed by atoms with van der Waals surface area (Å²) in [7, 11) is 0. The molecule has 1 amide bonds. The molecule has 0 spiro atoms. The fraction of sp³-hybridized carbons (Fsp3) is 0.844. The van der Waals surface area contributed by atoms with Crippen molar-refractivity contribution in [3.63, 3.8) is 0 Å². The minimum atomic E-state index is -1.58. The zero-order chi connectivity index (χ0) is 63.7. The highest BCUT2D eigenvalue weighted by Gasteiger charge is 2.44. The van der Waals surface area contributed by atoms with Gasteiger partial charge < -0.3 is 45.1 Å². The van der Waals surface area contributed by atoms with E-state index in [1.807, 2.05) is 6.08 Å². The van der Waals surface area contributed by atoms with E-state index in [0.717, 1.165) is 64.2 Å². The first-order chi connectivity index (χ1) is 43.2. The minimum Gasteiger partial charge on any atom is -0.466 e. The Hall–Kier alpha value is -2.64. The van der Waals surface area contributed by atoms with Gasteiger partial charge in [-0.05, 0) is 103 Å². The van der Waals surface area contributed by atoms with Crippen LogP contribution >= 0.6 is 0 Å². The summed E-state index contributed by atoms with van der Waals surface area (Å²) in [5, 5.41) is 54.3. The monoisotopic (exact) mass is 1240 g/mol. The first-order valence-electron chi connectivity index (χ1n) is 37.6. The van der Waals surface area contributed by atoms with Crippen LogP contribution in [0, 0.1) is 0 Å². The van der Waals surface area contributed by atoms with E-state index in [9.17, 15) is 35.1 Å². The number of ether oxygens (including phenoxy) is 3. The maximum absolute atomic E-state index is 13.0. The van der Waals surface area contributed by atoms with Crippen LogP contribution in [0.15, 0.2) is 60.8 Å². The number of carbonyl (C=O) groups excluding carboxylic acids is 2. The number of aliphatic hydroxyl groups is 5. The summed E-state index contributed by atoms with van der Waals surface area (Å²) in [5.74, 6) is -0.185. The molecule has 6 N–H and O–H groups in total. The van der Waals surface area contributed by atoms with Crippen molar-refractivity contribution in [2.45, 2.75) is 397 Å². The fourth-order valence-electron chi connectivity index (χ4n) is 11.7. The van der Waals surface area contributed by atoms with Crippen molar-refractivity contribution < 1.29 is 49.3 Å². The Labute approximate surface area is 541 Å². The minimum absolute atomic E-state index is 0.00655. The van der Waals surface area contributed by atoms with E-state index in [4.69, 9.17) is 14.2 Å². The molecule has 0 aromatic carbocycles. The number of esters is 1. The van der Waals surface area contributed by atoms with Crippen molar-refractivity contribution in [2.75, 3.05) is 19.8 Å². The molecule has 1 rings (SSSR count). The average Bonchev–Trinajstić information content (AvgIpc) is 2.57. The SMILES string of the molecule is CCCCC/C=C\C/C=C\CCCCCCCCCCCC(=O)OCCCCCCCCCCCCCC/C=C\CCCCCCCCCCCCCCCCCCC(=O)NC(COC1OC(CO)C(O)C(O)C1O)C(O)/C=C/CC/C=C/CCCCC. The van der Waals surface area contributed by atoms with E-state index in [2.05, 4.69) is 67.8 Å². The lowest BCUT2D eigenvalue weighted by molar-refractivity contribution is -0.302. The number of carbonyl (C=O) groups is 2. The lowest BCUT2D eigenvalue weighted by Gasteiger charge is -2.40. The third-order valence-electron chi connectivity index (χ3n) is 17.6. The van der Waals surface area contributed by atoms with Gasteiger partial charge >= 0.3 is 5.97 Å². The van der Waals surface area contributed by atoms with Crippen LogP contribution in [0.3, 0.4) is 0 Å². The molecule has 0 radical (unpaired) electrons. The van der Waals surface area contributed by atoms with Gasteiger partial charge in [-0.2, -0.15) is 0 Å². The predicted molar refractivity (Wildman–Crippen MR) is 370 cm³/mol.